The van der Waals surface area contributed by atoms with Crippen LogP contribution in [0.1, 0.15) is 52.1 Å². The van der Waals surface area contributed by atoms with Gasteiger partial charge in [0.05, 0.1) is 0 Å². The molecule has 0 spiro atoms. The number of likely N-dealkylation sites (tertiary alicyclic amines) is 1. The van der Waals surface area contributed by atoms with E-state index < -0.39 is 0 Å². The van der Waals surface area contributed by atoms with Gasteiger partial charge >= 0.3 is 0 Å². The van der Waals surface area contributed by atoms with Crippen molar-refractivity contribution in [2.75, 3.05) is 18.4 Å². The molecule has 0 aliphatic carbocycles. The predicted octanol–water partition coefficient (Wildman–Crippen LogP) is 3.01. The highest BCUT2D eigenvalue weighted by atomic mass is 16.2. The van der Waals surface area contributed by atoms with Crippen LogP contribution < -0.4 is 5.32 Å². The molecule has 1 saturated heterocycles. The first-order valence-electron chi connectivity index (χ1n) is 7.87. The average Bonchev–Trinajstić information content (AvgIpc) is 2.48. The molecule has 1 fully saturated rings. The number of hydrogen-bond acceptors (Lipinski definition) is 4. The summed E-state index contributed by atoms with van der Waals surface area (Å²) < 4.78 is 0. The number of anilines is 1. The van der Waals surface area contributed by atoms with Crippen molar-refractivity contribution in [3.63, 3.8) is 0 Å². The molecule has 1 N–H and O–H groups in total. The molecule has 5 nitrogen and oxygen atoms in total. The fraction of sp³-hybridized carbons (Fsp3) is 0.688. The summed E-state index contributed by atoms with van der Waals surface area (Å²) in [6.45, 7) is 9.60. The first-order chi connectivity index (χ1) is 10.1. The van der Waals surface area contributed by atoms with Crippen LogP contribution in [0.3, 0.4) is 0 Å². The second-order valence-corrected chi connectivity index (χ2v) is 5.47. The summed E-state index contributed by atoms with van der Waals surface area (Å²) in [6.07, 6.45) is 6.16. The van der Waals surface area contributed by atoms with E-state index in [9.17, 15) is 4.79 Å². The molecule has 0 saturated carbocycles. The van der Waals surface area contributed by atoms with Gasteiger partial charge in [0.25, 0.3) is 0 Å². The van der Waals surface area contributed by atoms with Gasteiger partial charge in [-0.3, -0.25) is 4.79 Å². The molecule has 1 aromatic rings. The summed E-state index contributed by atoms with van der Waals surface area (Å²) in [4.78, 5) is 21.3. The van der Waals surface area contributed by atoms with Gasteiger partial charge in [-0.2, -0.15) is 0 Å². The van der Waals surface area contributed by atoms with Crippen molar-refractivity contribution in [2.24, 2.45) is 0 Å². The molecule has 0 radical (unpaired) electrons. The minimum atomic E-state index is 0.168. The minimum absolute atomic E-state index is 0.168. The van der Waals surface area contributed by atoms with Gasteiger partial charge in [0.1, 0.15) is 12.1 Å². The largest absolute Gasteiger partial charge is 0.367 e. The van der Waals surface area contributed by atoms with Crippen molar-refractivity contribution in [1.29, 1.82) is 0 Å². The lowest BCUT2D eigenvalue weighted by Crippen LogP contribution is -2.41. The maximum Gasteiger partial charge on any atom is 0.219 e. The summed E-state index contributed by atoms with van der Waals surface area (Å²) >= 11 is 0. The van der Waals surface area contributed by atoms with E-state index in [1.807, 2.05) is 17.9 Å². The van der Waals surface area contributed by atoms with Crippen LogP contribution in [0, 0.1) is 6.92 Å². The number of nitrogens with zero attached hydrogens (tertiary/aromatic N) is 3. The number of rotatable bonds is 3. The Balaban J connectivity index is 0.000000491. The summed E-state index contributed by atoms with van der Waals surface area (Å²) in [7, 11) is 0. The Morgan fingerprint density at radius 2 is 1.90 bits per heavy atom. The zero-order chi connectivity index (χ0) is 15.7. The second-order valence-electron chi connectivity index (χ2n) is 5.47. The van der Waals surface area contributed by atoms with Crippen molar-refractivity contribution < 1.29 is 4.79 Å². The quantitative estimate of drug-likeness (QED) is 0.930. The van der Waals surface area contributed by atoms with E-state index in [4.69, 9.17) is 0 Å². The van der Waals surface area contributed by atoms with Crippen LogP contribution in [-0.4, -0.2) is 39.9 Å². The Bertz CT molecular complexity index is 426. The van der Waals surface area contributed by atoms with Gasteiger partial charge in [-0.05, 0) is 19.8 Å². The lowest BCUT2D eigenvalue weighted by molar-refractivity contribution is -0.129. The molecule has 1 aliphatic heterocycles. The fourth-order valence-electron chi connectivity index (χ4n) is 2.08. The lowest BCUT2D eigenvalue weighted by atomic mass is 10.1. The van der Waals surface area contributed by atoms with Gasteiger partial charge in [0.2, 0.25) is 5.91 Å². The van der Waals surface area contributed by atoms with Crippen molar-refractivity contribution >= 4 is 11.7 Å². The van der Waals surface area contributed by atoms with E-state index in [0.29, 0.717) is 6.04 Å². The maximum atomic E-state index is 11.2. The van der Waals surface area contributed by atoms with Crippen LogP contribution in [0.15, 0.2) is 12.4 Å². The van der Waals surface area contributed by atoms with Crippen molar-refractivity contribution in [3.05, 3.63) is 18.1 Å². The zero-order valence-electron chi connectivity index (χ0n) is 13.7. The van der Waals surface area contributed by atoms with Gasteiger partial charge in [0.15, 0.2) is 0 Å². The Kier molecular flexibility index (Phi) is 7.72. The highest BCUT2D eigenvalue weighted by Gasteiger charge is 2.20. The molecule has 2 heterocycles. The molecular weight excluding hydrogens is 264 g/mol. The zero-order valence-corrected chi connectivity index (χ0v) is 13.7. The van der Waals surface area contributed by atoms with E-state index in [-0.39, 0.29) is 5.91 Å². The van der Waals surface area contributed by atoms with E-state index >= 15 is 0 Å². The highest BCUT2D eigenvalue weighted by molar-refractivity contribution is 5.73. The third-order valence-electron chi connectivity index (χ3n) is 3.60. The molecule has 118 valence electrons. The van der Waals surface area contributed by atoms with Gasteiger partial charge < -0.3 is 10.2 Å². The van der Waals surface area contributed by atoms with Crippen molar-refractivity contribution in [2.45, 2.75) is 59.4 Å². The molecule has 1 amide bonds. The maximum absolute atomic E-state index is 11.2. The van der Waals surface area contributed by atoms with Crippen LogP contribution in [0.25, 0.3) is 0 Å². The topological polar surface area (TPSA) is 58.1 Å². The average molecular weight is 292 g/mol. The van der Waals surface area contributed by atoms with E-state index in [1.54, 1.807) is 13.3 Å². The van der Waals surface area contributed by atoms with Crippen molar-refractivity contribution in [3.8, 4) is 0 Å². The monoisotopic (exact) mass is 292 g/mol. The molecule has 0 unspecified atom stereocenters. The normalized spacial score (nSPS) is 15.1. The van der Waals surface area contributed by atoms with Crippen LogP contribution in [-0.2, 0) is 4.79 Å². The first kappa shape index (κ1) is 17.4. The summed E-state index contributed by atoms with van der Waals surface area (Å²) in [5, 5.41) is 3.39. The number of unbranched alkanes of at least 4 members (excludes halogenated alkanes) is 1. The predicted molar refractivity (Wildman–Crippen MR) is 86.2 cm³/mol. The fourth-order valence-corrected chi connectivity index (χ4v) is 2.08. The van der Waals surface area contributed by atoms with Gasteiger partial charge in [-0.15, -0.1) is 0 Å². The number of carbonyl (C=O) groups is 1. The van der Waals surface area contributed by atoms with Crippen LogP contribution in [0.4, 0.5) is 5.82 Å². The molecule has 1 aromatic heterocycles. The number of carbonyl (C=O) groups excluding carboxylic acids is 1. The number of nitrogens with one attached hydrogen (secondary N) is 1. The summed E-state index contributed by atoms with van der Waals surface area (Å²) in [5.74, 6) is 1.04. The number of piperidine rings is 1. The van der Waals surface area contributed by atoms with E-state index in [2.05, 4.69) is 29.1 Å². The number of aromatic nitrogens is 2. The number of hydrogen-bond donors (Lipinski definition) is 1. The lowest BCUT2D eigenvalue weighted by Gasteiger charge is -2.31. The smallest absolute Gasteiger partial charge is 0.219 e. The summed E-state index contributed by atoms with van der Waals surface area (Å²) in [6, 6.07) is 2.34. The molecule has 1 aliphatic rings. The molecule has 21 heavy (non-hydrogen) atoms. The molecule has 0 atom stereocenters. The minimum Gasteiger partial charge on any atom is -0.367 e. The first-order valence-corrected chi connectivity index (χ1v) is 7.87. The Labute approximate surface area is 128 Å². The van der Waals surface area contributed by atoms with Crippen LogP contribution >= 0.6 is 0 Å². The number of amides is 1. The molecule has 2 rings (SSSR count). The molecule has 0 aromatic carbocycles. The molecular formula is C16H28N4O. The SMILES string of the molecule is CC(=O)N1CCC(Nc2cc(C)ncn2)CC1.CCCC. The van der Waals surface area contributed by atoms with Crippen LogP contribution in [0.5, 0.6) is 0 Å². The standard InChI is InChI=1S/C12H18N4O.C4H10/c1-9-7-12(14-8-13-9)15-11-3-5-16(6-4-11)10(2)17;1-3-4-2/h7-8,11H,3-6H2,1-2H3,(H,13,14,15);3-4H2,1-2H3. The van der Waals surface area contributed by atoms with Gasteiger partial charge in [0, 0.05) is 37.8 Å². The Morgan fingerprint density at radius 3 is 2.38 bits per heavy atom. The van der Waals surface area contributed by atoms with Crippen LogP contribution in [0.2, 0.25) is 0 Å². The second kappa shape index (κ2) is 9.32. The Morgan fingerprint density at radius 1 is 1.29 bits per heavy atom. The van der Waals surface area contributed by atoms with Crippen molar-refractivity contribution in [1.82, 2.24) is 14.9 Å². The summed E-state index contributed by atoms with van der Waals surface area (Å²) in [5.41, 5.74) is 0.962. The molecule has 0 bridgehead atoms. The van der Waals surface area contributed by atoms with Gasteiger partial charge in [-0.25, -0.2) is 9.97 Å². The third kappa shape index (κ3) is 6.56. The third-order valence-corrected chi connectivity index (χ3v) is 3.60. The Hall–Kier alpha value is -1.65. The number of aryl methyl sites for hydroxylation is 1. The van der Waals surface area contributed by atoms with Gasteiger partial charge in [-0.1, -0.05) is 26.7 Å². The van der Waals surface area contributed by atoms with E-state index in [1.165, 1.54) is 12.8 Å². The molecule has 5 heteroatoms. The van der Waals surface area contributed by atoms with E-state index in [0.717, 1.165) is 37.4 Å². The highest BCUT2D eigenvalue weighted by Crippen LogP contribution is 2.15.